The fourth-order valence-corrected chi connectivity index (χ4v) is 5.32. The largest absolute Gasteiger partial charge is 0.369 e. The number of hydrogen-bond donors (Lipinski definition) is 1. The van der Waals surface area contributed by atoms with E-state index in [-0.39, 0.29) is 0 Å². The van der Waals surface area contributed by atoms with Gasteiger partial charge in [0, 0.05) is 28.6 Å². The summed E-state index contributed by atoms with van der Waals surface area (Å²) in [5, 5.41) is 13.9. The summed E-state index contributed by atoms with van der Waals surface area (Å²) in [6.45, 7) is 2.99. The molecule has 170 valence electrons. The summed E-state index contributed by atoms with van der Waals surface area (Å²) < 4.78 is 1.00. The van der Waals surface area contributed by atoms with E-state index in [1.54, 1.807) is 11.3 Å². The van der Waals surface area contributed by atoms with Crippen LogP contribution < -0.4 is 5.32 Å². The number of nitrogens with zero attached hydrogens (tertiary/aromatic N) is 4. The van der Waals surface area contributed by atoms with Crippen molar-refractivity contribution in [3.63, 3.8) is 0 Å². The average molecular weight is 474 g/mol. The molecule has 0 radical (unpaired) electrons. The third-order valence-electron chi connectivity index (χ3n) is 5.93. The van der Waals surface area contributed by atoms with Crippen LogP contribution in [0.15, 0.2) is 91.0 Å². The number of benzene rings is 3. The summed E-state index contributed by atoms with van der Waals surface area (Å²) in [4.78, 5) is 10.9. The molecule has 6 rings (SSSR count). The highest BCUT2D eigenvalue weighted by molar-refractivity contribution is 7.26. The molecular formula is C29H23N5S. The van der Waals surface area contributed by atoms with E-state index < -0.39 is 0 Å². The van der Waals surface area contributed by atoms with Crippen molar-refractivity contribution in [3.05, 3.63) is 91.0 Å². The van der Waals surface area contributed by atoms with Crippen molar-refractivity contribution in [2.75, 3.05) is 11.9 Å². The number of hydrogen-bond acceptors (Lipinski definition) is 6. The zero-order chi connectivity index (χ0) is 23.6. The van der Waals surface area contributed by atoms with E-state index in [0.717, 1.165) is 67.2 Å². The molecule has 3 heterocycles. The molecule has 3 aromatic carbocycles. The molecule has 0 aliphatic carbocycles. The molecular weight excluding hydrogens is 450 g/mol. The fraction of sp³-hybridized carbons (Fsp3) is 0.103. The molecule has 5 nitrogen and oxygen atoms in total. The van der Waals surface area contributed by atoms with Crippen LogP contribution in [0.3, 0.4) is 0 Å². The standard InChI is InChI=1S/C29H23N5S/c1-2-18-30-28-26-25(31-27(32-28)21-16-10-5-11-17-21)23-22(19-12-6-3-7-13-19)24(33-34-29(23)35-26)20-14-8-4-9-15-20/h3-17H,2,18H2,1H3,(H,30,31,32). The second kappa shape index (κ2) is 9.24. The number of aromatic nitrogens is 4. The molecule has 0 aliphatic rings. The maximum atomic E-state index is 5.11. The van der Waals surface area contributed by atoms with Gasteiger partial charge in [-0.15, -0.1) is 21.5 Å². The molecule has 1 N–H and O–H groups in total. The van der Waals surface area contributed by atoms with Crippen LogP contribution in [0, 0.1) is 0 Å². The molecule has 0 unspecified atom stereocenters. The fourth-order valence-electron chi connectivity index (χ4n) is 4.29. The molecule has 0 saturated heterocycles. The van der Waals surface area contributed by atoms with Gasteiger partial charge in [0.25, 0.3) is 0 Å². The van der Waals surface area contributed by atoms with Crippen molar-refractivity contribution in [2.24, 2.45) is 0 Å². The molecule has 6 heteroatoms. The zero-order valence-electron chi connectivity index (χ0n) is 19.3. The Kier molecular flexibility index (Phi) is 5.64. The highest BCUT2D eigenvalue weighted by Gasteiger charge is 2.22. The molecule has 0 fully saturated rings. The van der Waals surface area contributed by atoms with Gasteiger partial charge < -0.3 is 5.32 Å². The summed E-state index contributed by atoms with van der Waals surface area (Å²) in [6.07, 6.45) is 1.00. The molecule has 0 aliphatic heterocycles. The minimum Gasteiger partial charge on any atom is -0.369 e. The Labute approximate surface area is 207 Å². The first-order chi connectivity index (χ1) is 17.3. The van der Waals surface area contributed by atoms with E-state index in [9.17, 15) is 0 Å². The molecule has 0 bridgehead atoms. The van der Waals surface area contributed by atoms with Crippen LogP contribution in [0.5, 0.6) is 0 Å². The minimum absolute atomic E-state index is 0.702. The Balaban J connectivity index is 1.73. The first-order valence-corrected chi connectivity index (χ1v) is 12.6. The Bertz CT molecular complexity index is 1610. The number of anilines is 1. The number of thiophene rings is 1. The van der Waals surface area contributed by atoms with Crippen LogP contribution in [-0.2, 0) is 0 Å². The Morgan fingerprint density at radius 1 is 0.714 bits per heavy atom. The average Bonchev–Trinajstić information content (AvgIpc) is 3.31. The SMILES string of the molecule is CCCNc1nc(-c2ccccc2)nc2c1sc1nnc(-c3ccccc3)c(-c3ccccc3)c12. The van der Waals surface area contributed by atoms with Crippen LogP contribution in [0.25, 0.3) is 54.2 Å². The summed E-state index contributed by atoms with van der Waals surface area (Å²) >= 11 is 1.59. The van der Waals surface area contributed by atoms with Crippen LogP contribution in [0.1, 0.15) is 13.3 Å². The van der Waals surface area contributed by atoms with Gasteiger partial charge in [-0.25, -0.2) is 9.97 Å². The van der Waals surface area contributed by atoms with Crippen LogP contribution in [0.4, 0.5) is 5.82 Å². The molecule has 0 atom stereocenters. The van der Waals surface area contributed by atoms with E-state index in [1.165, 1.54) is 0 Å². The molecule has 0 saturated carbocycles. The first-order valence-electron chi connectivity index (χ1n) is 11.7. The monoisotopic (exact) mass is 473 g/mol. The van der Waals surface area contributed by atoms with E-state index in [1.807, 2.05) is 54.6 Å². The molecule has 35 heavy (non-hydrogen) atoms. The molecule has 3 aromatic heterocycles. The van der Waals surface area contributed by atoms with Crippen molar-refractivity contribution < 1.29 is 0 Å². The van der Waals surface area contributed by atoms with Gasteiger partial charge in [0.05, 0.1) is 10.2 Å². The van der Waals surface area contributed by atoms with Crippen molar-refractivity contribution in [3.8, 4) is 33.8 Å². The van der Waals surface area contributed by atoms with Gasteiger partial charge in [-0.3, -0.25) is 0 Å². The van der Waals surface area contributed by atoms with E-state index >= 15 is 0 Å². The third-order valence-corrected chi connectivity index (χ3v) is 7.00. The van der Waals surface area contributed by atoms with Gasteiger partial charge >= 0.3 is 0 Å². The third kappa shape index (κ3) is 3.92. The molecule has 0 amide bonds. The van der Waals surface area contributed by atoms with Crippen LogP contribution in [-0.4, -0.2) is 26.7 Å². The highest BCUT2D eigenvalue weighted by Crippen LogP contribution is 2.44. The summed E-state index contributed by atoms with van der Waals surface area (Å²) in [5.74, 6) is 1.55. The lowest BCUT2D eigenvalue weighted by Crippen LogP contribution is -2.04. The molecule has 6 aromatic rings. The lowest BCUT2D eigenvalue weighted by atomic mass is 9.97. The quantitative estimate of drug-likeness (QED) is 0.272. The van der Waals surface area contributed by atoms with Gasteiger partial charge in [0.15, 0.2) is 5.82 Å². The normalized spacial score (nSPS) is 11.2. The maximum Gasteiger partial charge on any atom is 0.162 e. The minimum atomic E-state index is 0.702. The first kappa shape index (κ1) is 21.4. The summed E-state index contributed by atoms with van der Waals surface area (Å²) in [7, 11) is 0. The van der Waals surface area contributed by atoms with Crippen molar-refractivity contribution in [1.29, 1.82) is 0 Å². The second-order valence-corrected chi connectivity index (χ2v) is 9.30. The predicted octanol–water partition coefficient (Wildman–Crippen LogP) is 7.46. The van der Waals surface area contributed by atoms with Gasteiger partial charge in [0.2, 0.25) is 0 Å². The van der Waals surface area contributed by atoms with Gasteiger partial charge in [-0.1, -0.05) is 97.9 Å². The van der Waals surface area contributed by atoms with E-state index in [0.29, 0.717) is 5.82 Å². The van der Waals surface area contributed by atoms with Crippen LogP contribution >= 0.6 is 11.3 Å². The summed E-state index contributed by atoms with van der Waals surface area (Å²) in [5.41, 5.74) is 5.91. The Hall–Kier alpha value is -4.16. The molecule has 0 spiro atoms. The van der Waals surface area contributed by atoms with Gasteiger partial charge in [0.1, 0.15) is 16.3 Å². The second-order valence-electron chi connectivity index (χ2n) is 8.30. The number of fused-ring (bicyclic) bond motifs is 3. The smallest absolute Gasteiger partial charge is 0.162 e. The van der Waals surface area contributed by atoms with Gasteiger partial charge in [-0.05, 0) is 12.0 Å². The zero-order valence-corrected chi connectivity index (χ0v) is 20.1. The van der Waals surface area contributed by atoms with E-state index in [2.05, 4.69) is 53.7 Å². The topological polar surface area (TPSA) is 63.6 Å². The van der Waals surface area contributed by atoms with E-state index in [4.69, 9.17) is 15.1 Å². The highest BCUT2D eigenvalue weighted by atomic mass is 32.1. The predicted molar refractivity (Wildman–Crippen MR) is 146 cm³/mol. The summed E-state index contributed by atoms with van der Waals surface area (Å²) in [6, 6.07) is 30.8. The lowest BCUT2D eigenvalue weighted by Gasteiger charge is -2.11. The van der Waals surface area contributed by atoms with Gasteiger partial charge in [-0.2, -0.15) is 0 Å². The van der Waals surface area contributed by atoms with Crippen molar-refractivity contribution >= 4 is 37.6 Å². The van der Waals surface area contributed by atoms with Crippen molar-refractivity contribution in [2.45, 2.75) is 13.3 Å². The maximum absolute atomic E-state index is 5.11. The Morgan fingerprint density at radius 3 is 2.00 bits per heavy atom. The number of rotatable bonds is 6. The van der Waals surface area contributed by atoms with Crippen LogP contribution in [0.2, 0.25) is 0 Å². The Morgan fingerprint density at radius 2 is 1.34 bits per heavy atom. The van der Waals surface area contributed by atoms with Crippen molar-refractivity contribution in [1.82, 2.24) is 20.2 Å². The number of nitrogens with one attached hydrogen (secondary N) is 1. The lowest BCUT2D eigenvalue weighted by molar-refractivity contribution is 0.971.